The molecule has 7 nitrogen and oxygen atoms in total. The first-order valence-corrected chi connectivity index (χ1v) is 22.4. The number of allylic oxidation sites excluding steroid dienone is 3. The summed E-state index contributed by atoms with van der Waals surface area (Å²) in [5.74, 6) is 2.88. The van der Waals surface area contributed by atoms with Crippen LogP contribution in [0.3, 0.4) is 0 Å². The Bertz CT molecular complexity index is 1660. The first-order valence-electron chi connectivity index (χ1n) is 22.4. The summed E-state index contributed by atoms with van der Waals surface area (Å²) in [5.41, 5.74) is 4.98. The smallest absolute Gasteiger partial charge is 0.410 e. The molecule has 1 amide bonds. The van der Waals surface area contributed by atoms with Crippen molar-refractivity contribution in [2.24, 2.45) is 45.8 Å². The molecule has 0 aromatic heterocycles. The van der Waals surface area contributed by atoms with Gasteiger partial charge in [0.15, 0.2) is 0 Å². The number of hydrogen-bond donors (Lipinski definition) is 1. The SMILES string of the molecule is C=C(C)C1CCC2(NCCN3CC4CC(C3)N4C(=O)OC(C)(C)C)CCC(C)C3(C)CCC4C(C)(C)C(c5ccc(C(=O)OC)cc5)=CCC4(C)C3CCCC12. The zero-order valence-corrected chi connectivity index (χ0v) is 36.8. The lowest BCUT2D eigenvalue weighted by molar-refractivity contribution is -0.120. The number of hydrogen-bond acceptors (Lipinski definition) is 6. The Morgan fingerprint density at radius 1 is 0.911 bits per heavy atom. The van der Waals surface area contributed by atoms with Gasteiger partial charge in [0.1, 0.15) is 5.60 Å². The molecule has 3 saturated heterocycles. The maximum atomic E-state index is 12.9. The third-order valence-corrected chi connectivity index (χ3v) is 17.0. The minimum Gasteiger partial charge on any atom is -0.465 e. The second-order valence-electron chi connectivity index (χ2n) is 21.5. The highest BCUT2D eigenvalue weighted by molar-refractivity contribution is 5.90. The van der Waals surface area contributed by atoms with Gasteiger partial charge in [-0.3, -0.25) is 9.80 Å². The summed E-state index contributed by atoms with van der Waals surface area (Å²) in [5, 5.41) is 4.32. The molecule has 0 radical (unpaired) electrons. The number of carbonyl (C=O) groups is 2. The van der Waals surface area contributed by atoms with E-state index in [1.54, 1.807) is 0 Å². The molecule has 10 unspecified atom stereocenters. The number of ether oxygens (including phenoxy) is 2. The van der Waals surface area contributed by atoms with E-state index in [1.807, 2.05) is 37.8 Å². The Labute approximate surface area is 339 Å². The van der Waals surface area contributed by atoms with Crippen molar-refractivity contribution < 1.29 is 19.1 Å². The lowest BCUT2D eigenvalue weighted by Gasteiger charge is -2.64. The maximum Gasteiger partial charge on any atom is 0.410 e. The molecule has 1 aromatic rings. The van der Waals surface area contributed by atoms with Gasteiger partial charge in [-0.1, -0.05) is 71.4 Å². The van der Waals surface area contributed by atoms with Gasteiger partial charge in [-0.05, 0) is 161 Å². The van der Waals surface area contributed by atoms with E-state index in [-0.39, 0.29) is 40.5 Å². The average Bonchev–Trinajstić information content (AvgIpc) is 3.48. The standard InChI is InChI=1S/C49H75N3O4/c1-32(2)38-20-26-49(50-27-28-51-30-36-29-37(31-51)52(36)44(54)56-45(4,5)6)25-19-33(3)47(9)24-22-41-46(7,8)39(34-15-17-35(18-16-34)43(53)55-11)21-23-48(41,10)42(47)14-12-13-40(38)49/h15-18,21,33,36-38,40-42,50H,1,12-14,19-20,22-31H2,2-11H3. The van der Waals surface area contributed by atoms with Crippen molar-refractivity contribution in [3.05, 3.63) is 53.6 Å². The number of nitrogens with zero attached hydrogens (tertiary/aromatic N) is 2. The van der Waals surface area contributed by atoms with Crippen molar-refractivity contribution in [1.29, 1.82) is 0 Å². The van der Waals surface area contributed by atoms with Crippen LogP contribution >= 0.6 is 0 Å². The second kappa shape index (κ2) is 15.2. The number of carbonyl (C=O) groups excluding carboxylic acids is 2. The van der Waals surface area contributed by atoms with E-state index >= 15 is 0 Å². The lowest BCUT2D eigenvalue weighted by Crippen LogP contribution is -2.71. The number of fused-ring (bicyclic) bond motifs is 6. The molecule has 3 aliphatic heterocycles. The number of piperidine rings is 1. The van der Waals surface area contributed by atoms with Crippen LogP contribution in [0.5, 0.6) is 0 Å². The first kappa shape index (κ1) is 41.5. The highest BCUT2D eigenvalue weighted by Gasteiger charge is 2.60. The van der Waals surface area contributed by atoms with Gasteiger partial charge in [0.05, 0.1) is 24.8 Å². The number of methoxy groups -OCH3 is 1. The zero-order chi connectivity index (χ0) is 40.4. The van der Waals surface area contributed by atoms with Crippen LogP contribution in [-0.4, -0.2) is 78.4 Å². The molecular formula is C49H75N3O4. The van der Waals surface area contributed by atoms with Crippen molar-refractivity contribution in [2.45, 2.75) is 156 Å². The van der Waals surface area contributed by atoms with Crippen LogP contribution in [0.15, 0.2) is 42.5 Å². The van der Waals surface area contributed by atoms with E-state index < -0.39 is 5.60 Å². The zero-order valence-electron chi connectivity index (χ0n) is 36.8. The number of nitrogens with one attached hydrogen (secondary N) is 1. The molecule has 310 valence electrons. The quantitative estimate of drug-likeness (QED) is 0.220. The molecule has 56 heavy (non-hydrogen) atoms. The van der Waals surface area contributed by atoms with Crippen LogP contribution in [0.1, 0.15) is 149 Å². The number of benzene rings is 1. The van der Waals surface area contributed by atoms with Crippen LogP contribution in [0.2, 0.25) is 0 Å². The summed E-state index contributed by atoms with van der Waals surface area (Å²) < 4.78 is 10.7. The molecule has 0 spiro atoms. The Balaban J connectivity index is 1.06. The van der Waals surface area contributed by atoms with Gasteiger partial charge < -0.3 is 14.8 Å². The van der Waals surface area contributed by atoms with E-state index in [9.17, 15) is 9.59 Å². The summed E-state index contributed by atoms with van der Waals surface area (Å²) in [6.45, 7) is 29.7. The van der Waals surface area contributed by atoms with Gasteiger partial charge in [0.2, 0.25) is 0 Å². The number of rotatable bonds is 7. The van der Waals surface area contributed by atoms with Gasteiger partial charge >= 0.3 is 12.1 Å². The number of piperazine rings is 1. The van der Waals surface area contributed by atoms with Crippen LogP contribution in [-0.2, 0) is 9.47 Å². The summed E-state index contributed by atoms with van der Waals surface area (Å²) in [6, 6.07) is 8.70. The van der Waals surface area contributed by atoms with E-state index in [1.165, 1.54) is 81.6 Å². The van der Waals surface area contributed by atoms with Crippen LogP contribution in [0, 0.1) is 45.8 Å². The molecule has 4 aliphatic carbocycles. The summed E-state index contributed by atoms with van der Waals surface area (Å²) >= 11 is 0. The Morgan fingerprint density at radius 3 is 2.23 bits per heavy atom. The van der Waals surface area contributed by atoms with Crippen molar-refractivity contribution in [2.75, 3.05) is 33.3 Å². The molecule has 1 N–H and O–H groups in total. The molecule has 10 atom stereocenters. The highest BCUT2D eigenvalue weighted by Crippen LogP contribution is 2.68. The highest BCUT2D eigenvalue weighted by atomic mass is 16.6. The maximum absolute atomic E-state index is 12.9. The first-order chi connectivity index (χ1) is 26.3. The molecule has 2 bridgehead atoms. The van der Waals surface area contributed by atoms with E-state index in [2.05, 4.69) is 76.5 Å². The molecule has 7 heteroatoms. The van der Waals surface area contributed by atoms with Gasteiger partial charge in [-0.15, -0.1) is 0 Å². The summed E-state index contributed by atoms with van der Waals surface area (Å²) in [6.07, 6.45) is 16.1. The van der Waals surface area contributed by atoms with Gasteiger partial charge in [0.25, 0.3) is 0 Å². The van der Waals surface area contributed by atoms with E-state index in [4.69, 9.17) is 9.47 Å². The fraction of sp³-hybridized carbons (Fsp3) is 0.755. The Hall–Kier alpha value is -2.64. The van der Waals surface area contributed by atoms with Gasteiger partial charge in [-0.2, -0.15) is 0 Å². The Kier molecular flexibility index (Phi) is 11.3. The van der Waals surface area contributed by atoms with Crippen molar-refractivity contribution >= 4 is 17.6 Å². The lowest BCUT2D eigenvalue weighted by atomic mass is 9.40. The van der Waals surface area contributed by atoms with Crippen molar-refractivity contribution in [1.82, 2.24) is 15.1 Å². The minimum atomic E-state index is -0.455. The van der Waals surface area contributed by atoms with Gasteiger partial charge in [0, 0.05) is 31.7 Å². The molecule has 1 aromatic carbocycles. The fourth-order valence-electron chi connectivity index (χ4n) is 14.0. The molecule has 3 saturated carbocycles. The van der Waals surface area contributed by atoms with Crippen LogP contribution < -0.4 is 5.32 Å². The summed E-state index contributed by atoms with van der Waals surface area (Å²) in [4.78, 5) is 29.7. The van der Waals surface area contributed by atoms with Gasteiger partial charge in [-0.25, -0.2) is 9.59 Å². The molecular weight excluding hydrogens is 695 g/mol. The molecule has 6 fully saturated rings. The fourth-order valence-corrected chi connectivity index (χ4v) is 14.0. The largest absolute Gasteiger partial charge is 0.465 e. The minimum absolute atomic E-state index is 0.0398. The molecule has 7 aliphatic rings. The molecule has 3 heterocycles. The van der Waals surface area contributed by atoms with Crippen LogP contribution in [0.25, 0.3) is 5.57 Å². The predicted octanol–water partition coefficient (Wildman–Crippen LogP) is 10.5. The van der Waals surface area contributed by atoms with Crippen molar-refractivity contribution in [3.63, 3.8) is 0 Å². The molecule has 8 rings (SSSR count). The third kappa shape index (κ3) is 7.32. The third-order valence-electron chi connectivity index (χ3n) is 17.0. The van der Waals surface area contributed by atoms with Crippen LogP contribution in [0.4, 0.5) is 4.79 Å². The number of amides is 1. The Morgan fingerprint density at radius 2 is 1.59 bits per heavy atom. The van der Waals surface area contributed by atoms with E-state index in [0.29, 0.717) is 40.6 Å². The second-order valence-corrected chi connectivity index (χ2v) is 21.5. The monoisotopic (exact) mass is 770 g/mol. The van der Waals surface area contributed by atoms with Crippen molar-refractivity contribution in [3.8, 4) is 0 Å². The average molecular weight is 770 g/mol. The number of esters is 1. The normalized spacial score (nSPS) is 38.2. The topological polar surface area (TPSA) is 71.1 Å². The van der Waals surface area contributed by atoms with E-state index in [0.717, 1.165) is 39.0 Å². The predicted molar refractivity (Wildman–Crippen MR) is 227 cm³/mol. The summed E-state index contributed by atoms with van der Waals surface area (Å²) in [7, 11) is 1.45.